The molecule has 0 aromatic carbocycles. The van der Waals surface area contributed by atoms with Crippen molar-refractivity contribution in [3.63, 3.8) is 0 Å². The number of ether oxygens (including phenoxy) is 1. The Morgan fingerprint density at radius 3 is 2.67 bits per heavy atom. The van der Waals surface area contributed by atoms with Crippen molar-refractivity contribution in [2.24, 2.45) is 5.92 Å². The largest absolute Gasteiger partial charge is 0.480 e. The van der Waals surface area contributed by atoms with E-state index in [4.69, 9.17) is 9.84 Å². The van der Waals surface area contributed by atoms with Gasteiger partial charge in [0.1, 0.15) is 0 Å². The Hall–Kier alpha value is -0.610. The Balaban J connectivity index is 2.11. The molecule has 1 fully saturated rings. The van der Waals surface area contributed by atoms with Crippen LogP contribution in [0.25, 0.3) is 0 Å². The van der Waals surface area contributed by atoms with Gasteiger partial charge in [0.2, 0.25) is 0 Å². The zero-order valence-corrected chi connectivity index (χ0v) is 9.61. The third kappa shape index (κ3) is 5.74. The van der Waals surface area contributed by atoms with E-state index >= 15 is 0 Å². The van der Waals surface area contributed by atoms with E-state index in [1.54, 1.807) is 0 Å². The molecule has 0 unspecified atom stereocenters. The van der Waals surface area contributed by atoms with Crippen LogP contribution < -0.4 is 0 Å². The lowest BCUT2D eigenvalue weighted by Gasteiger charge is -2.19. The molecule has 0 radical (unpaired) electrons. The van der Waals surface area contributed by atoms with Gasteiger partial charge >= 0.3 is 5.97 Å². The Kier molecular flexibility index (Phi) is 5.05. The average molecular weight is 215 g/mol. The Morgan fingerprint density at radius 1 is 1.53 bits per heavy atom. The van der Waals surface area contributed by atoms with Crippen molar-refractivity contribution >= 4 is 5.97 Å². The molecule has 0 amide bonds. The normalized spacial score (nSPS) is 16.3. The van der Waals surface area contributed by atoms with Crippen molar-refractivity contribution in [1.82, 2.24) is 4.90 Å². The van der Waals surface area contributed by atoms with Crippen LogP contribution in [0.15, 0.2) is 0 Å². The standard InChI is InChI=1S/C11H21NO3/c1-9(2)8-15-6-5-12(7-11(13)14)10-3-4-10/h9-10H,3-8H2,1-2H3,(H,13,14). The topological polar surface area (TPSA) is 49.8 Å². The van der Waals surface area contributed by atoms with Crippen molar-refractivity contribution in [2.45, 2.75) is 32.7 Å². The Bertz CT molecular complexity index is 202. The first-order valence-corrected chi connectivity index (χ1v) is 5.63. The summed E-state index contributed by atoms with van der Waals surface area (Å²) < 4.78 is 5.45. The average Bonchev–Trinajstić information content (AvgIpc) is 2.92. The third-order valence-electron chi connectivity index (χ3n) is 2.38. The van der Waals surface area contributed by atoms with Crippen LogP contribution in [0.5, 0.6) is 0 Å². The van der Waals surface area contributed by atoms with Gasteiger partial charge in [-0.3, -0.25) is 9.69 Å². The van der Waals surface area contributed by atoms with E-state index in [0.29, 0.717) is 18.6 Å². The van der Waals surface area contributed by atoms with Crippen LogP contribution in [0.4, 0.5) is 0 Å². The van der Waals surface area contributed by atoms with Crippen LogP contribution in [0.2, 0.25) is 0 Å². The number of carbonyl (C=O) groups is 1. The predicted octanol–water partition coefficient (Wildman–Crippen LogP) is 1.21. The van der Waals surface area contributed by atoms with Crippen LogP contribution in [0.1, 0.15) is 26.7 Å². The summed E-state index contributed by atoms with van der Waals surface area (Å²) >= 11 is 0. The molecule has 1 rings (SSSR count). The minimum Gasteiger partial charge on any atom is -0.480 e. The van der Waals surface area contributed by atoms with Crippen molar-refractivity contribution in [3.05, 3.63) is 0 Å². The summed E-state index contributed by atoms with van der Waals surface area (Å²) in [7, 11) is 0. The molecule has 88 valence electrons. The second-order valence-electron chi connectivity index (χ2n) is 4.56. The van der Waals surface area contributed by atoms with E-state index < -0.39 is 5.97 Å². The third-order valence-corrected chi connectivity index (χ3v) is 2.38. The SMILES string of the molecule is CC(C)COCCN(CC(=O)O)C1CC1. The van der Waals surface area contributed by atoms with E-state index in [1.165, 1.54) is 0 Å². The minimum absolute atomic E-state index is 0.149. The summed E-state index contributed by atoms with van der Waals surface area (Å²) in [4.78, 5) is 12.6. The summed E-state index contributed by atoms with van der Waals surface area (Å²) in [5, 5.41) is 8.72. The molecule has 4 nitrogen and oxygen atoms in total. The van der Waals surface area contributed by atoms with Crippen molar-refractivity contribution in [1.29, 1.82) is 0 Å². The fourth-order valence-corrected chi connectivity index (χ4v) is 1.50. The Morgan fingerprint density at radius 2 is 2.20 bits per heavy atom. The summed E-state index contributed by atoms with van der Waals surface area (Å²) in [6, 6.07) is 0.490. The number of carboxylic acids is 1. The van der Waals surface area contributed by atoms with Gasteiger partial charge in [0, 0.05) is 19.2 Å². The maximum absolute atomic E-state index is 10.6. The van der Waals surface area contributed by atoms with Crippen molar-refractivity contribution in [3.8, 4) is 0 Å². The highest BCUT2D eigenvalue weighted by Crippen LogP contribution is 2.26. The van der Waals surface area contributed by atoms with Gasteiger partial charge in [0.05, 0.1) is 13.2 Å². The molecule has 0 heterocycles. The maximum Gasteiger partial charge on any atom is 0.317 e. The molecular weight excluding hydrogens is 194 g/mol. The first-order valence-electron chi connectivity index (χ1n) is 5.63. The number of carboxylic acid groups (broad SMARTS) is 1. The number of rotatable bonds is 8. The summed E-state index contributed by atoms with van der Waals surface area (Å²) in [5.41, 5.74) is 0. The number of aliphatic carboxylic acids is 1. The summed E-state index contributed by atoms with van der Waals surface area (Å²) in [6.07, 6.45) is 2.27. The van der Waals surface area contributed by atoms with Gasteiger partial charge in [0.25, 0.3) is 0 Å². The second-order valence-corrected chi connectivity index (χ2v) is 4.56. The zero-order chi connectivity index (χ0) is 11.3. The van der Waals surface area contributed by atoms with E-state index in [0.717, 1.165) is 26.0 Å². The van der Waals surface area contributed by atoms with Crippen LogP contribution in [-0.2, 0) is 9.53 Å². The van der Waals surface area contributed by atoms with Crippen molar-refractivity contribution in [2.75, 3.05) is 26.3 Å². The zero-order valence-electron chi connectivity index (χ0n) is 9.61. The smallest absolute Gasteiger partial charge is 0.317 e. The molecule has 0 saturated heterocycles. The lowest BCUT2D eigenvalue weighted by atomic mass is 10.2. The van der Waals surface area contributed by atoms with Gasteiger partial charge in [-0.05, 0) is 18.8 Å². The summed E-state index contributed by atoms with van der Waals surface area (Å²) in [5.74, 6) is -0.204. The molecule has 15 heavy (non-hydrogen) atoms. The molecule has 1 aliphatic carbocycles. The maximum atomic E-state index is 10.6. The second kappa shape index (κ2) is 6.08. The van der Waals surface area contributed by atoms with Gasteiger partial charge in [-0.2, -0.15) is 0 Å². The molecule has 0 spiro atoms. The fraction of sp³-hybridized carbons (Fsp3) is 0.909. The molecule has 1 aliphatic rings. The highest BCUT2D eigenvalue weighted by molar-refractivity contribution is 5.69. The van der Waals surface area contributed by atoms with Crippen LogP contribution in [0, 0.1) is 5.92 Å². The van der Waals surface area contributed by atoms with E-state index in [2.05, 4.69) is 13.8 Å². The molecule has 0 bridgehead atoms. The van der Waals surface area contributed by atoms with E-state index in [-0.39, 0.29) is 6.54 Å². The van der Waals surface area contributed by atoms with Gasteiger partial charge < -0.3 is 9.84 Å². The lowest BCUT2D eigenvalue weighted by molar-refractivity contribution is -0.138. The molecule has 0 aliphatic heterocycles. The van der Waals surface area contributed by atoms with Crippen LogP contribution in [0.3, 0.4) is 0 Å². The quantitative estimate of drug-likeness (QED) is 0.618. The van der Waals surface area contributed by atoms with E-state index in [9.17, 15) is 4.79 Å². The fourth-order valence-electron chi connectivity index (χ4n) is 1.50. The van der Waals surface area contributed by atoms with Crippen molar-refractivity contribution < 1.29 is 14.6 Å². The van der Waals surface area contributed by atoms with Gasteiger partial charge in [-0.25, -0.2) is 0 Å². The molecular formula is C11H21NO3. The van der Waals surface area contributed by atoms with Gasteiger partial charge in [-0.1, -0.05) is 13.8 Å². The van der Waals surface area contributed by atoms with Crippen LogP contribution in [-0.4, -0.2) is 48.3 Å². The van der Waals surface area contributed by atoms with Crippen LogP contribution >= 0.6 is 0 Å². The predicted molar refractivity (Wildman–Crippen MR) is 57.9 cm³/mol. The first kappa shape index (κ1) is 12.5. The lowest BCUT2D eigenvalue weighted by Crippen LogP contribution is -2.34. The molecule has 1 N–H and O–H groups in total. The Labute approximate surface area is 91.2 Å². The first-order chi connectivity index (χ1) is 7.09. The highest BCUT2D eigenvalue weighted by Gasteiger charge is 2.29. The van der Waals surface area contributed by atoms with Gasteiger partial charge in [-0.15, -0.1) is 0 Å². The van der Waals surface area contributed by atoms with E-state index in [1.807, 2.05) is 4.90 Å². The minimum atomic E-state index is -0.745. The molecule has 0 aromatic rings. The summed E-state index contributed by atoms with van der Waals surface area (Å²) in [6.45, 7) is 6.50. The van der Waals surface area contributed by atoms with Gasteiger partial charge in [0.15, 0.2) is 0 Å². The number of nitrogens with zero attached hydrogens (tertiary/aromatic N) is 1. The molecule has 4 heteroatoms. The molecule has 1 saturated carbocycles. The number of hydrogen-bond acceptors (Lipinski definition) is 3. The molecule has 0 atom stereocenters. The molecule has 0 aromatic heterocycles. The monoisotopic (exact) mass is 215 g/mol. The number of hydrogen-bond donors (Lipinski definition) is 1. The highest BCUT2D eigenvalue weighted by atomic mass is 16.5.